The standard InChI is InChI=1S/C20H30OS/c1-18-8-5-14(21)11-13(18)3-4-15-16(18)6-9-19(2)17(15)7-10-20(19)12-22-20/h3,14-17,21H,4-12H2,1-2H3/t14-,15+,16+,17-,18+,19+,20+/m1/s1. The minimum Gasteiger partial charge on any atom is -0.393 e. The van der Waals surface area contributed by atoms with Gasteiger partial charge in [0.25, 0.3) is 0 Å². The number of fused-ring (bicyclic) bond motifs is 6. The van der Waals surface area contributed by atoms with Gasteiger partial charge in [0.05, 0.1) is 6.10 Å². The minimum absolute atomic E-state index is 0.0673. The summed E-state index contributed by atoms with van der Waals surface area (Å²) >= 11 is 2.28. The topological polar surface area (TPSA) is 20.2 Å². The van der Waals surface area contributed by atoms with Crippen LogP contribution in [0.4, 0.5) is 0 Å². The third-order valence-corrected chi connectivity index (χ3v) is 10.5. The predicted octanol–water partition coefficient (Wildman–Crippen LogP) is 4.80. The molecule has 3 saturated carbocycles. The Morgan fingerprint density at radius 1 is 1.09 bits per heavy atom. The summed E-state index contributed by atoms with van der Waals surface area (Å²) in [5.74, 6) is 4.25. The lowest BCUT2D eigenvalue weighted by molar-refractivity contribution is -0.0397. The molecule has 0 bridgehead atoms. The average molecular weight is 319 g/mol. The summed E-state index contributed by atoms with van der Waals surface area (Å²) in [6.07, 6.45) is 12.9. The van der Waals surface area contributed by atoms with Gasteiger partial charge >= 0.3 is 0 Å². The molecule has 122 valence electrons. The zero-order chi connectivity index (χ0) is 15.2. The van der Waals surface area contributed by atoms with Crippen LogP contribution in [0, 0.1) is 28.6 Å². The Labute approximate surface area is 139 Å². The van der Waals surface area contributed by atoms with Crippen LogP contribution in [0.25, 0.3) is 0 Å². The van der Waals surface area contributed by atoms with Crippen molar-refractivity contribution in [2.45, 2.75) is 76.1 Å². The Kier molecular flexibility index (Phi) is 2.85. The van der Waals surface area contributed by atoms with Crippen molar-refractivity contribution in [2.24, 2.45) is 28.6 Å². The van der Waals surface area contributed by atoms with E-state index in [1.54, 1.807) is 5.57 Å². The number of aliphatic hydroxyl groups excluding tert-OH is 1. The molecule has 1 N–H and O–H groups in total. The van der Waals surface area contributed by atoms with Crippen molar-refractivity contribution in [1.82, 2.24) is 0 Å². The molecule has 0 aromatic carbocycles. The molecule has 1 spiro atoms. The van der Waals surface area contributed by atoms with Crippen LogP contribution >= 0.6 is 11.8 Å². The second-order valence-corrected chi connectivity index (χ2v) is 10.8. The molecule has 1 saturated heterocycles. The van der Waals surface area contributed by atoms with Crippen LogP contribution in [0.3, 0.4) is 0 Å². The highest BCUT2D eigenvalue weighted by molar-refractivity contribution is 8.08. The lowest BCUT2D eigenvalue weighted by atomic mass is 9.47. The summed E-state index contributed by atoms with van der Waals surface area (Å²) in [5, 5.41) is 10.1. The van der Waals surface area contributed by atoms with E-state index >= 15 is 0 Å². The molecule has 0 radical (unpaired) electrons. The SMILES string of the molecule is C[C@]12CC[C@@H](O)CC1=CC[C@@H]1[C@H]3CC[C@]4(CS4)[C@@]3(C)CC[C@@H]12. The molecule has 1 nitrogen and oxygen atoms in total. The van der Waals surface area contributed by atoms with E-state index in [-0.39, 0.29) is 6.10 Å². The predicted molar refractivity (Wildman–Crippen MR) is 92.9 cm³/mol. The molecule has 2 heteroatoms. The van der Waals surface area contributed by atoms with Crippen LogP contribution < -0.4 is 0 Å². The molecule has 1 heterocycles. The molecule has 0 aromatic rings. The quantitative estimate of drug-likeness (QED) is 0.511. The van der Waals surface area contributed by atoms with Crippen LogP contribution in [-0.4, -0.2) is 21.7 Å². The first kappa shape index (κ1) is 14.4. The molecule has 4 fully saturated rings. The van der Waals surface area contributed by atoms with Crippen LogP contribution in [0.1, 0.15) is 65.2 Å². The Morgan fingerprint density at radius 2 is 1.86 bits per heavy atom. The highest BCUT2D eigenvalue weighted by Gasteiger charge is 2.68. The molecular formula is C20H30OS. The monoisotopic (exact) mass is 318 g/mol. The van der Waals surface area contributed by atoms with E-state index in [1.165, 1.54) is 44.3 Å². The van der Waals surface area contributed by atoms with E-state index in [4.69, 9.17) is 0 Å². The molecule has 0 amide bonds. The molecule has 0 aromatic heterocycles. The van der Waals surface area contributed by atoms with Crippen molar-refractivity contribution in [3.05, 3.63) is 11.6 Å². The lowest BCUT2D eigenvalue weighted by Gasteiger charge is -2.58. The molecule has 1 aliphatic heterocycles. The smallest absolute Gasteiger partial charge is 0.0577 e. The summed E-state index contributed by atoms with van der Waals surface area (Å²) < 4.78 is 0.691. The van der Waals surface area contributed by atoms with E-state index in [9.17, 15) is 5.11 Å². The zero-order valence-electron chi connectivity index (χ0n) is 14.1. The third-order valence-electron chi connectivity index (χ3n) is 8.86. The van der Waals surface area contributed by atoms with Crippen molar-refractivity contribution in [3.63, 3.8) is 0 Å². The van der Waals surface area contributed by atoms with E-state index in [2.05, 4.69) is 31.7 Å². The van der Waals surface area contributed by atoms with Crippen molar-refractivity contribution < 1.29 is 5.11 Å². The fourth-order valence-corrected chi connectivity index (χ4v) is 8.79. The second-order valence-electron chi connectivity index (χ2n) is 9.43. The number of hydrogen-bond acceptors (Lipinski definition) is 2. The van der Waals surface area contributed by atoms with Gasteiger partial charge in [-0.05, 0) is 80.0 Å². The fraction of sp³-hybridized carbons (Fsp3) is 0.900. The largest absolute Gasteiger partial charge is 0.393 e. The molecule has 0 unspecified atom stereocenters. The normalized spacial score (nSPS) is 59.5. The van der Waals surface area contributed by atoms with Gasteiger partial charge in [-0.15, -0.1) is 0 Å². The van der Waals surface area contributed by atoms with Gasteiger partial charge in [-0.1, -0.05) is 25.5 Å². The molecule has 7 atom stereocenters. The Bertz CT molecular complexity index is 536. The maximum Gasteiger partial charge on any atom is 0.0577 e. The maximum atomic E-state index is 10.1. The van der Waals surface area contributed by atoms with Crippen LogP contribution in [0.5, 0.6) is 0 Å². The van der Waals surface area contributed by atoms with Gasteiger partial charge in [0, 0.05) is 10.5 Å². The maximum absolute atomic E-state index is 10.1. The average Bonchev–Trinajstić information content (AvgIpc) is 3.22. The summed E-state index contributed by atoms with van der Waals surface area (Å²) in [7, 11) is 0. The van der Waals surface area contributed by atoms with Gasteiger partial charge in [-0.2, -0.15) is 11.8 Å². The van der Waals surface area contributed by atoms with Crippen LogP contribution in [-0.2, 0) is 0 Å². The Balaban J connectivity index is 1.51. The van der Waals surface area contributed by atoms with Crippen molar-refractivity contribution in [2.75, 3.05) is 5.75 Å². The first-order chi connectivity index (χ1) is 10.5. The number of allylic oxidation sites excluding steroid dienone is 1. The van der Waals surface area contributed by atoms with E-state index < -0.39 is 0 Å². The summed E-state index contributed by atoms with van der Waals surface area (Å²) in [4.78, 5) is 0. The highest BCUT2D eigenvalue weighted by Crippen LogP contribution is 2.74. The van der Waals surface area contributed by atoms with Gasteiger partial charge in [0.1, 0.15) is 0 Å². The van der Waals surface area contributed by atoms with Crippen molar-refractivity contribution in [1.29, 1.82) is 0 Å². The Morgan fingerprint density at radius 3 is 2.64 bits per heavy atom. The van der Waals surface area contributed by atoms with Crippen molar-refractivity contribution in [3.8, 4) is 0 Å². The van der Waals surface area contributed by atoms with Gasteiger partial charge in [-0.3, -0.25) is 0 Å². The molecule has 22 heavy (non-hydrogen) atoms. The molecule has 5 rings (SSSR count). The molecule has 4 aliphatic carbocycles. The summed E-state index contributed by atoms with van der Waals surface area (Å²) in [5.41, 5.74) is 2.66. The van der Waals surface area contributed by atoms with Crippen molar-refractivity contribution >= 4 is 11.8 Å². The number of aliphatic hydroxyl groups is 1. The second kappa shape index (κ2) is 4.36. The summed E-state index contributed by atoms with van der Waals surface area (Å²) in [6, 6.07) is 0. The molecule has 5 aliphatic rings. The van der Waals surface area contributed by atoms with Crippen LogP contribution in [0.15, 0.2) is 11.6 Å². The first-order valence-corrected chi connectivity index (χ1v) is 10.5. The third kappa shape index (κ3) is 1.62. The molecular weight excluding hydrogens is 288 g/mol. The van der Waals surface area contributed by atoms with Gasteiger partial charge in [0.15, 0.2) is 0 Å². The lowest BCUT2D eigenvalue weighted by Crippen LogP contribution is -2.51. The first-order valence-electron chi connectivity index (χ1n) is 9.50. The fourth-order valence-electron chi connectivity index (χ4n) is 7.30. The van der Waals surface area contributed by atoms with Crippen LogP contribution in [0.2, 0.25) is 0 Å². The Hall–Kier alpha value is 0.0500. The van der Waals surface area contributed by atoms with Gasteiger partial charge in [0.2, 0.25) is 0 Å². The van der Waals surface area contributed by atoms with E-state index in [0.717, 1.165) is 30.6 Å². The van der Waals surface area contributed by atoms with E-state index in [0.29, 0.717) is 15.6 Å². The van der Waals surface area contributed by atoms with E-state index in [1.807, 2.05) is 0 Å². The zero-order valence-corrected chi connectivity index (χ0v) is 14.9. The number of rotatable bonds is 0. The highest BCUT2D eigenvalue weighted by atomic mass is 32.2. The number of thioether (sulfide) groups is 1. The van der Waals surface area contributed by atoms with Gasteiger partial charge in [-0.25, -0.2) is 0 Å². The number of hydrogen-bond donors (Lipinski definition) is 1. The summed E-state index contributed by atoms with van der Waals surface area (Å²) in [6.45, 7) is 5.19. The van der Waals surface area contributed by atoms with Gasteiger partial charge < -0.3 is 5.11 Å². The minimum atomic E-state index is -0.0673.